The number of carbonyl (C=O) groups excluding carboxylic acids is 2. The molecule has 29 heavy (non-hydrogen) atoms. The molecule has 1 heterocycles. The molecule has 1 aromatic rings. The average Bonchev–Trinajstić information content (AvgIpc) is 2.63. The van der Waals surface area contributed by atoms with Crippen LogP contribution in [-0.2, 0) is 24.3 Å². The highest BCUT2D eigenvalue weighted by Crippen LogP contribution is 2.16. The number of nitrogens with one attached hydrogen (secondary N) is 1. The van der Waals surface area contributed by atoms with Crippen molar-refractivity contribution in [2.75, 3.05) is 19.7 Å². The van der Waals surface area contributed by atoms with Crippen LogP contribution < -0.4 is 4.72 Å². The Labute approximate surface area is 171 Å². The number of esters is 1. The van der Waals surface area contributed by atoms with Crippen LogP contribution in [0, 0.1) is 11.7 Å². The van der Waals surface area contributed by atoms with E-state index in [-0.39, 0.29) is 5.91 Å². The molecule has 1 atom stereocenters. The molecule has 9 heteroatoms. The number of amides is 1. The first kappa shape index (κ1) is 23.3. The number of ether oxygens (including phenoxy) is 1. The van der Waals surface area contributed by atoms with Gasteiger partial charge in [-0.1, -0.05) is 45.2 Å². The molecule has 1 aliphatic rings. The Bertz CT molecular complexity index is 805. The molecule has 1 aromatic carbocycles. The minimum atomic E-state index is -4.27. The number of halogens is 1. The maximum Gasteiger partial charge on any atom is 0.324 e. The maximum atomic E-state index is 13.9. The molecule has 0 bridgehead atoms. The van der Waals surface area contributed by atoms with Gasteiger partial charge in [0.2, 0.25) is 10.0 Å². The van der Waals surface area contributed by atoms with Gasteiger partial charge in [-0.05, 0) is 30.9 Å². The number of hydrogen-bond donors (Lipinski definition) is 1. The molecule has 1 fully saturated rings. The number of likely N-dealkylation sites (tertiary alicyclic amines) is 1. The lowest BCUT2D eigenvalue weighted by molar-refractivity contribution is -0.154. The molecular weight excluding hydrogens is 399 g/mol. The number of rotatable bonds is 7. The third-order valence-electron chi connectivity index (χ3n) is 4.88. The molecule has 162 valence electrons. The van der Waals surface area contributed by atoms with Gasteiger partial charge in [0.15, 0.2) is 6.61 Å². The Hall–Kier alpha value is -2.00. The van der Waals surface area contributed by atoms with Crippen molar-refractivity contribution in [3.8, 4) is 0 Å². The lowest BCUT2D eigenvalue weighted by Crippen LogP contribution is -2.46. The van der Waals surface area contributed by atoms with Crippen LogP contribution in [-0.4, -0.2) is 50.9 Å². The molecule has 0 unspecified atom stereocenters. The van der Waals surface area contributed by atoms with Crippen LogP contribution in [0.2, 0.25) is 0 Å². The quantitative estimate of drug-likeness (QED) is 0.674. The minimum Gasteiger partial charge on any atom is -0.454 e. The molecule has 2 rings (SSSR count). The zero-order valence-corrected chi connectivity index (χ0v) is 17.7. The van der Waals surface area contributed by atoms with Crippen LogP contribution in [0.3, 0.4) is 0 Å². The summed E-state index contributed by atoms with van der Waals surface area (Å²) in [6.07, 6.45) is 5.12. The first-order chi connectivity index (χ1) is 13.7. The van der Waals surface area contributed by atoms with Crippen molar-refractivity contribution >= 4 is 21.9 Å². The van der Waals surface area contributed by atoms with Gasteiger partial charge in [-0.25, -0.2) is 12.8 Å². The van der Waals surface area contributed by atoms with Crippen molar-refractivity contribution in [1.29, 1.82) is 0 Å². The Morgan fingerprint density at radius 2 is 1.69 bits per heavy atom. The van der Waals surface area contributed by atoms with Crippen molar-refractivity contribution in [3.05, 3.63) is 30.1 Å². The first-order valence-corrected chi connectivity index (χ1v) is 11.4. The van der Waals surface area contributed by atoms with Crippen LogP contribution in [0.5, 0.6) is 0 Å². The molecule has 1 amide bonds. The van der Waals surface area contributed by atoms with Gasteiger partial charge in [-0.3, -0.25) is 9.59 Å². The summed E-state index contributed by atoms with van der Waals surface area (Å²) in [6, 6.07) is 3.67. The molecule has 0 saturated carbocycles. The number of hydrogen-bond acceptors (Lipinski definition) is 5. The summed E-state index contributed by atoms with van der Waals surface area (Å²) in [5.41, 5.74) is 0. The van der Waals surface area contributed by atoms with E-state index >= 15 is 0 Å². The van der Waals surface area contributed by atoms with E-state index in [1.54, 1.807) is 18.7 Å². The van der Waals surface area contributed by atoms with Crippen molar-refractivity contribution < 1.29 is 27.1 Å². The highest BCUT2D eigenvalue weighted by atomic mass is 32.2. The molecule has 1 N–H and O–H groups in total. The Kier molecular flexibility index (Phi) is 8.58. The van der Waals surface area contributed by atoms with Crippen LogP contribution in [0.1, 0.15) is 46.0 Å². The van der Waals surface area contributed by atoms with E-state index in [0.717, 1.165) is 44.2 Å². The second-order valence-electron chi connectivity index (χ2n) is 7.53. The molecular formula is C20H29FN2O5S. The standard InChI is InChI=1S/C20H29FN2O5S/c1-15(2)19(22-29(26,27)17-11-7-6-10-16(17)21)20(25)28-14-18(24)23-12-8-4-3-5-9-13-23/h6-7,10-11,15,19,22H,3-5,8-9,12-14H2,1-2H3/t19-/m0/s1. The lowest BCUT2D eigenvalue weighted by atomic mass is 10.1. The van der Waals surface area contributed by atoms with E-state index in [0.29, 0.717) is 13.1 Å². The van der Waals surface area contributed by atoms with E-state index < -0.39 is 45.3 Å². The van der Waals surface area contributed by atoms with Crippen molar-refractivity contribution in [2.45, 2.75) is 56.9 Å². The molecule has 7 nitrogen and oxygen atoms in total. The van der Waals surface area contributed by atoms with Gasteiger partial charge >= 0.3 is 5.97 Å². The van der Waals surface area contributed by atoms with Crippen LogP contribution in [0.15, 0.2) is 29.2 Å². The van der Waals surface area contributed by atoms with Gasteiger partial charge in [0.25, 0.3) is 5.91 Å². The number of nitrogens with zero attached hydrogens (tertiary/aromatic N) is 1. The summed E-state index contributed by atoms with van der Waals surface area (Å²) < 4.78 is 46.2. The van der Waals surface area contributed by atoms with Crippen molar-refractivity contribution in [3.63, 3.8) is 0 Å². The summed E-state index contributed by atoms with van der Waals surface area (Å²) in [5.74, 6) is -2.52. The SMILES string of the molecule is CC(C)[C@H](NS(=O)(=O)c1ccccc1F)C(=O)OCC(=O)N1CCCCCCC1. The van der Waals surface area contributed by atoms with Crippen LogP contribution >= 0.6 is 0 Å². The molecule has 0 radical (unpaired) electrons. The molecule has 0 spiro atoms. The Morgan fingerprint density at radius 1 is 1.10 bits per heavy atom. The predicted molar refractivity (Wildman–Crippen MR) is 106 cm³/mol. The normalized spacial score (nSPS) is 16.8. The fraction of sp³-hybridized carbons (Fsp3) is 0.600. The summed E-state index contributed by atoms with van der Waals surface area (Å²) >= 11 is 0. The Balaban J connectivity index is 2.00. The Morgan fingerprint density at radius 3 is 2.28 bits per heavy atom. The third kappa shape index (κ3) is 6.78. The number of benzene rings is 1. The van der Waals surface area contributed by atoms with Gasteiger partial charge in [0.1, 0.15) is 16.8 Å². The average molecular weight is 429 g/mol. The minimum absolute atomic E-state index is 0.292. The van der Waals surface area contributed by atoms with Crippen LogP contribution in [0.25, 0.3) is 0 Å². The summed E-state index contributed by atoms with van der Waals surface area (Å²) in [7, 11) is -4.27. The largest absolute Gasteiger partial charge is 0.454 e. The van der Waals surface area contributed by atoms with Gasteiger partial charge in [0.05, 0.1) is 0 Å². The summed E-state index contributed by atoms with van der Waals surface area (Å²) in [6.45, 7) is 4.09. The maximum absolute atomic E-state index is 13.9. The van der Waals surface area contributed by atoms with Crippen LogP contribution in [0.4, 0.5) is 4.39 Å². The summed E-state index contributed by atoms with van der Waals surface area (Å²) in [5, 5.41) is 0. The van der Waals surface area contributed by atoms with Crippen molar-refractivity contribution in [1.82, 2.24) is 9.62 Å². The molecule has 0 aromatic heterocycles. The zero-order valence-electron chi connectivity index (χ0n) is 16.9. The smallest absolute Gasteiger partial charge is 0.324 e. The van der Waals surface area contributed by atoms with E-state index in [2.05, 4.69) is 4.72 Å². The monoisotopic (exact) mass is 428 g/mol. The fourth-order valence-electron chi connectivity index (χ4n) is 3.16. The number of carbonyl (C=O) groups is 2. The van der Waals surface area contributed by atoms with E-state index in [1.165, 1.54) is 12.1 Å². The van der Waals surface area contributed by atoms with Gasteiger partial charge < -0.3 is 9.64 Å². The second-order valence-corrected chi connectivity index (χ2v) is 9.21. The van der Waals surface area contributed by atoms with E-state index in [1.807, 2.05) is 0 Å². The fourth-order valence-corrected chi connectivity index (χ4v) is 4.57. The third-order valence-corrected chi connectivity index (χ3v) is 6.35. The topological polar surface area (TPSA) is 92.8 Å². The highest BCUT2D eigenvalue weighted by Gasteiger charge is 2.31. The molecule has 1 aliphatic heterocycles. The summed E-state index contributed by atoms with van der Waals surface area (Å²) in [4.78, 5) is 26.0. The van der Waals surface area contributed by atoms with E-state index in [4.69, 9.17) is 4.74 Å². The first-order valence-electron chi connectivity index (χ1n) is 9.93. The van der Waals surface area contributed by atoms with Gasteiger partial charge in [-0.2, -0.15) is 4.72 Å². The highest BCUT2D eigenvalue weighted by molar-refractivity contribution is 7.89. The zero-order chi connectivity index (χ0) is 21.4. The second kappa shape index (κ2) is 10.7. The van der Waals surface area contributed by atoms with Gasteiger partial charge in [0, 0.05) is 13.1 Å². The van der Waals surface area contributed by atoms with Gasteiger partial charge in [-0.15, -0.1) is 0 Å². The van der Waals surface area contributed by atoms with Crippen molar-refractivity contribution in [2.24, 2.45) is 5.92 Å². The number of sulfonamides is 1. The molecule has 1 saturated heterocycles. The van der Waals surface area contributed by atoms with E-state index in [9.17, 15) is 22.4 Å². The predicted octanol–water partition coefficient (Wildman–Crippen LogP) is 2.46. The molecule has 0 aliphatic carbocycles. The lowest BCUT2D eigenvalue weighted by Gasteiger charge is -2.25.